The Hall–Kier alpha value is -8.26. The van der Waals surface area contributed by atoms with Gasteiger partial charge < -0.3 is 108 Å². The second-order valence-corrected chi connectivity index (χ2v) is 29.3. The number of aliphatic imine (C=N–C) groups is 2. The van der Waals surface area contributed by atoms with Crippen LogP contribution in [0.25, 0.3) is 0 Å². The Kier molecular flexibility index (Phi) is 41.8. The van der Waals surface area contributed by atoms with Gasteiger partial charge in [-0.1, -0.05) is 75.7 Å². The molecule has 38 heteroatoms. The predicted octanol–water partition coefficient (Wildman–Crippen LogP) is -3.96. The highest BCUT2D eigenvalue weighted by Gasteiger charge is 2.44. The van der Waals surface area contributed by atoms with Crippen LogP contribution < -0.4 is 93.3 Å². The normalized spacial score (nSPS) is 17.7. The number of primary amides is 1. The van der Waals surface area contributed by atoms with E-state index in [9.17, 15) is 72.2 Å². The molecular weight excluding hydrogens is 1400 g/mol. The summed E-state index contributed by atoms with van der Waals surface area (Å²) in [6.07, 6.45) is 2.25. The minimum Gasteiger partial charge on any atom is -0.480 e. The number of thiol groups is 2. The van der Waals surface area contributed by atoms with Crippen LogP contribution in [-0.2, 0) is 67.1 Å². The summed E-state index contributed by atoms with van der Waals surface area (Å²) in [4.78, 5) is 205. The topological polar surface area (TPSA) is 593 Å². The molecule has 596 valence electrons. The van der Waals surface area contributed by atoms with Gasteiger partial charge in [0.2, 0.25) is 76.8 Å². The summed E-state index contributed by atoms with van der Waals surface area (Å²) >= 11 is 8.70. The molecule has 0 aromatic carbocycles. The van der Waals surface area contributed by atoms with Crippen LogP contribution in [0.1, 0.15) is 172 Å². The fourth-order valence-electron chi connectivity index (χ4n) is 12.0. The van der Waals surface area contributed by atoms with E-state index in [1.165, 1.54) is 9.80 Å². The van der Waals surface area contributed by atoms with Crippen molar-refractivity contribution in [3.8, 4) is 0 Å². The third-order valence-electron chi connectivity index (χ3n) is 17.8. The van der Waals surface area contributed by atoms with Crippen molar-refractivity contribution in [3.63, 3.8) is 0 Å². The first-order chi connectivity index (χ1) is 49.3. The number of nitrogens with zero attached hydrogens (tertiary/aromatic N) is 4. The number of nitrogens with one attached hydrogen (secondary N) is 10. The number of aliphatic carboxylic acids is 1. The Morgan fingerprint density at radius 1 is 0.457 bits per heavy atom. The zero-order valence-corrected chi connectivity index (χ0v) is 64.3. The van der Waals surface area contributed by atoms with E-state index in [2.05, 4.69) is 88.4 Å². The van der Waals surface area contributed by atoms with Gasteiger partial charge in [-0.15, -0.1) is 0 Å². The number of amides is 13. The van der Waals surface area contributed by atoms with Crippen LogP contribution in [0.3, 0.4) is 0 Å². The Morgan fingerprint density at radius 3 is 1.30 bits per heavy atom. The average Bonchev–Trinajstić information content (AvgIpc) is 1.74. The van der Waals surface area contributed by atoms with Gasteiger partial charge in [-0.25, -0.2) is 4.79 Å². The predicted molar refractivity (Wildman–Crippen MR) is 401 cm³/mol. The molecule has 0 radical (unpaired) electrons. The van der Waals surface area contributed by atoms with E-state index in [1.54, 1.807) is 48.5 Å². The average molecular weight is 1520 g/mol. The Morgan fingerprint density at radius 2 is 0.857 bits per heavy atom. The molecular formula is C67H121N21O15S2. The van der Waals surface area contributed by atoms with Crippen LogP contribution in [0.5, 0.6) is 0 Å². The third-order valence-corrected chi connectivity index (χ3v) is 18.5. The van der Waals surface area contributed by atoms with Gasteiger partial charge in [-0.05, 0) is 126 Å². The molecule has 0 unspecified atom stereocenters. The zero-order valence-electron chi connectivity index (χ0n) is 62.5. The van der Waals surface area contributed by atoms with Gasteiger partial charge >= 0.3 is 5.97 Å². The van der Waals surface area contributed by atoms with E-state index in [1.807, 2.05) is 20.8 Å². The third kappa shape index (κ3) is 32.6. The highest BCUT2D eigenvalue weighted by Crippen LogP contribution is 2.24. The molecule has 0 spiro atoms. The second-order valence-electron chi connectivity index (χ2n) is 28.5. The van der Waals surface area contributed by atoms with Crippen molar-refractivity contribution < 1.29 is 72.2 Å². The highest BCUT2D eigenvalue weighted by atomic mass is 32.1. The smallest absolute Gasteiger partial charge is 0.326 e. The van der Waals surface area contributed by atoms with Crippen LogP contribution >= 0.6 is 25.3 Å². The molecule has 2 rings (SSSR count). The summed E-state index contributed by atoms with van der Waals surface area (Å²) in [5.41, 5.74) is 39.5. The Bertz CT molecular complexity index is 2990. The molecule has 13 amide bonds. The number of nitrogens with two attached hydrogens (primary N) is 7. The molecule has 2 saturated heterocycles. The van der Waals surface area contributed by atoms with Gasteiger partial charge in [0, 0.05) is 37.7 Å². The Labute approximate surface area is 626 Å². The van der Waals surface area contributed by atoms with Gasteiger partial charge in [0.15, 0.2) is 11.9 Å². The molecule has 0 bridgehead atoms. The standard InChI is InChI=1S/C67H121N21O15S2/c1-11-38(10)52(86-56(93)42(20-15-25-76-67(73)74)77-53(90)39(69)28-34(2)3)64(101)88-27-17-21-48(88)60(97)83-46(32-104)59(96)84-47(33-105)63(100)87-26-16-22-49(87)61(98)85-51(37(8)9)62(99)81-44(31-50(70)89)58(95)80-43(29-35(4)5)57(94)79-40(18-12-13-23-68)54(91)78-41(19-14-24-75-66(71)72)55(92)82-45(65(102)103)30-36(6)7/h34-49,51-52,104-105H,11-33,68-69H2,1-10H3,(H2,70,89)(H,77,90)(H,78,91)(H,79,94)(H,80,95)(H,81,99)(H,82,92)(H,83,97)(H,84,96)(H,85,98)(H,86,93)(H,102,103)(H4,71,72,75)(H4,73,74,76)/t38-,39-,40-,41-,42-,43-,44-,45-,46-,47-,48-,49-,51-,52-/m0/s1. The number of carboxylic acids is 1. The van der Waals surface area contributed by atoms with E-state index in [-0.39, 0.29) is 132 Å². The summed E-state index contributed by atoms with van der Waals surface area (Å²) in [5.74, 6) is -14.2. The lowest BCUT2D eigenvalue weighted by molar-refractivity contribution is -0.144. The van der Waals surface area contributed by atoms with Crippen LogP contribution in [0.4, 0.5) is 0 Å². The molecule has 0 aromatic heterocycles. The fourth-order valence-corrected chi connectivity index (χ4v) is 12.5. The summed E-state index contributed by atoms with van der Waals surface area (Å²) in [6.45, 7) is 18.2. The van der Waals surface area contributed by atoms with Crippen molar-refractivity contribution in [3.05, 3.63) is 0 Å². The molecule has 14 atom stereocenters. The number of carbonyl (C=O) groups excluding carboxylic acids is 13. The van der Waals surface area contributed by atoms with E-state index < -0.39 is 180 Å². The van der Waals surface area contributed by atoms with E-state index in [4.69, 9.17) is 40.1 Å². The molecule has 0 aromatic rings. The number of carboxylic acid groups (broad SMARTS) is 1. The van der Waals surface area contributed by atoms with Gasteiger partial charge in [0.25, 0.3) is 0 Å². The van der Waals surface area contributed by atoms with Crippen molar-refractivity contribution >= 4 is 120 Å². The van der Waals surface area contributed by atoms with E-state index in [0.29, 0.717) is 38.5 Å². The van der Waals surface area contributed by atoms with Crippen LogP contribution in [0, 0.1) is 29.6 Å². The molecule has 105 heavy (non-hydrogen) atoms. The second kappa shape index (κ2) is 47.3. The maximum absolute atomic E-state index is 14.5. The maximum Gasteiger partial charge on any atom is 0.326 e. The zero-order chi connectivity index (χ0) is 79.5. The van der Waals surface area contributed by atoms with Gasteiger partial charge in [-0.3, -0.25) is 72.3 Å². The van der Waals surface area contributed by atoms with Crippen LogP contribution in [0.2, 0.25) is 0 Å². The minimum atomic E-state index is -1.74. The summed E-state index contributed by atoms with van der Waals surface area (Å²) in [7, 11) is 0. The van der Waals surface area contributed by atoms with Gasteiger partial charge in [0.1, 0.15) is 72.5 Å². The van der Waals surface area contributed by atoms with Crippen molar-refractivity contribution in [1.82, 2.24) is 63.0 Å². The van der Waals surface area contributed by atoms with Crippen molar-refractivity contribution in [1.29, 1.82) is 0 Å². The van der Waals surface area contributed by atoms with E-state index in [0.717, 1.165) is 0 Å². The van der Waals surface area contributed by atoms with E-state index >= 15 is 0 Å². The largest absolute Gasteiger partial charge is 0.480 e. The Balaban J connectivity index is 2.34. The number of likely N-dealkylation sites (tertiary alicyclic amines) is 2. The van der Waals surface area contributed by atoms with Crippen LogP contribution in [0.15, 0.2) is 9.98 Å². The summed E-state index contributed by atoms with van der Waals surface area (Å²) < 4.78 is 0. The number of rotatable bonds is 48. The monoisotopic (exact) mass is 1520 g/mol. The first kappa shape index (κ1) is 92.8. The summed E-state index contributed by atoms with van der Waals surface area (Å²) in [5, 5.41) is 36.2. The number of hydrogen-bond acceptors (Lipinski definition) is 20. The lowest BCUT2D eigenvalue weighted by Crippen LogP contribution is -2.62. The molecule has 2 aliphatic rings. The molecule has 36 nitrogen and oxygen atoms in total. The SMILES string of the molecule is CC[C@H](C)[C@H](NC(=O)[C@H](CCCN=C(N)N)NC(=O)[C@@H](N)CC(C)C)C(=O)N1CCC[C@H]1C(=O)N[C@@H](CS)C(=O)N[C@@H](CS)C(=O)N1CCC[C@H]1C(=O)N[C@H](C(=O)N[C@@H](CC(N)=O)C(=O)N[C@@H](CC(C)C)C(=O)N[C@@H](CCCCN)C(=O)N[C@@H](CCCN=C(N)N)C(=O)N[C@@H](CC(C)C)C(=O)O)C(C)C. The number of carbonyl (C=O) groups is 14. The van der Waals surface area contributed by atoms with Gasteiger partial charge in [0.05, 0.1) is 12.5 Å². The molecule has 2 aliphatic heterocycles. The lowest BCUT2D eigenvalue weighted by Gasteiger charge is -2.33. The number of unbranched alkanes of at least 4 members (excludes halogenated alkanes) is 1. The maximum atomic E-state index is 14.5. The first-order valence-corrected chi connectivity index (χ1v) is 37.5. The van der Waals surface area contributed by atoms with Gasteiger partial charge in [-0.2, -0.15) is 25.3 Å². The molecule has 25 N–H and O–H groups in total. The van der Waals surface area contributed by atoms with Crippen LogP contribution in [-0.4, -0.2) is 232 Å². The van der Waals surface area contributed by atoms with Crippen molar-refractivity contribution in [2.45, 2.75) is 251 Å². The number of hydrogen-bond donors (Lipinski definition) is 20. The number of guanidine groups is 2. The molecule has 0 aliphatic carbocycles. The van der Waals surface area contributed by atoms with Crippen molar-refractivity contribution in [2.24, 2.45) is 79.7 Å². The lowest BCUT2D eigenvalue weighted by atomic mass is 9.96. The minimum absolute atomic E-state index is 0.000897. The fraction of sp³-hybridized carbons (Fsp3) is 0.761. The summed E-state index contributed by atoms with van der Waals surface area (Å²) in [6, 6.07) is -16.8. The first-order valence-electron chi connectivity index (χ1n) is 36.3. The molecule has 2 heterocycles. The quantitative estimate of drug-likeness (QED) is 0.0120. The van der Waals surface area contributed by atoms with Crippen molar-refractivity contribution in [2.75, 3.05) is 44.2 Å². The highest BCUT2D eigenvalue weighted by molar-refractivity contribution is 7.80. The molecule has 2 fully saturated rings. The molecule has 0 saturated carbocycles.